The van der Waals surface area contributed by atoms with Crippen molar-refractivity contribution in [2.45, 2.75) is 26.2 Å². The molecule has 0 saturated carbocycles. The largest absolute Gasteiger partial charge is 0.468 e. The molecule has 2 N–H and O–H groups in total. The van der Waals surface area contributed by atoms with Crippen molar-refractivity contribution in [2.75, 3.05) is 13.2 Å². The Kier molecular flexibility index (Phi) is 9.97. The van der Waals surface area contributed by atoms with Crippen molar-refractivity contribution in [3.8, 4) is 5.88 Å². The number of halogens is 5. The first-order valence-electron chi connectivity index (χ1n) is 8.27. The quantitative estimate of drug-likeness (QED) is 0.255. The number of hydrogen-bond acceptors (Lipinski definition) is 3. The van der Waals surface area contributed by atoms with Gasteiger partial charge in [-0.15, -0.1) is 24.0 Å². The lowest BCUT2D eigenvalue weighted by molar-refractivity contribution is -0.154. The summed E-state index contributed by atoms with van der Waals surface area (Å²) in [7, 11) is 0. The fraction of sp³-hybridized carbons (Fsp3) is 0.333. The summed E-state index contributed by atoms with van der Waals surface area (Å²) < 4.78 is 55.0. The second kappa shape index (κ2) is 11.7. The van der Waals surface area contributed by atoms with Crippen LogP contribution in [0.15, 0.2) is 47.6 Å². The highest BCUT2D eigenvalue weighted by atomic mass is 127. The molecular formula is C18H21F4IN4O. The van der Waals surface area contributed by atoms with E-state index in [2.05, 4.69) is 25.3 Å². The molecule has 28 heavy (non-hydrogen) atoms. The normalized spacial score (nSPS) is 11.5. The van der Waals surface area contributed by atoms with Gasteiger partial charge in [-0.1, -0.05) is 18.2 Å². The van der Waals surface area contributed by atoms with Gasteiger partial charge in [0.1, 0.15) is 5.82 Å². The first kappa shape index (κ1) is 23.9. The SMILES string of the molecule is CCNC(=NCc1ccnc(OCC(F)(F)F)c1)NCc1ccccc1F.I. The summed E-state index contributed by atoms with van der Waals surface area (Å²) in [5.41, 5.74) is 1.13. The summed E-state index contributed by atoms with van der Waals surface area (Å²) in [4.78, 5) is 8.09. The van der Waals surface area contributed by atoms with Gasteiger partial charge in [-0.25, -0.2) is 14.4 Å². The molecule has 1 aromatic carbocycles. The van der Waals surface area contributed by atoms with Crippen molar-refractivity contribution in [2.24, 2.45) is 4.99 Å². The Bertz CT molecular complexity index is 771. The van der Waals surface area contributed by atoms with Crippen LogP contribution in [0.1, 0.15) is 18.1 Å². The number of nitrogens with one attached hydrogen (secondary N) is 2. The van der Waals surface area contributed by atoms with Gasteiger partial charge in [0.25, 0.3) is 0 Å². The lowest BCUT2D eigenvalue weighted by Crippen LogP contribution is -2.37. The van der Waals surface area contributed by atoms with Crippen LogP contribution in [0.2, 0.25) is 0 Å². The van der Waals surface area contributed by atoms with Gasteiger partial charge in [-0.05, 0) is 24.6 Å². The highest BCUT2D eigenvalue weighted by molar-refractivity contribution is 14.0. The van der Waals surface area contributed by atoms with Gasteiger partial charge in [0.15, 0.2) is 12.6 Å². The zero-order valence-electron chi connectivity index (χ0n) is 15.1. The van der Waals surface area contributed by atoms with Crippen molar-refractivity contribution in [1.29, 1.82) is 0 Å². The summed E-state index contributed by atoms with van der Waals surface area (Å²) in [5, 5.41) is 6.03. The molecule has 2 aromatic rings. The lowest BCUT2D eigenvalue weighted by Gasteiger charge is -2.12. The van der Waals surface area contributed by atoms with Gasteiger partial charge in [-0.2, -0.15) is 13.2 Å². The first-order chi connectivity index (χ1) is 12.9. The van der Waals surface area contributed by atoms with E-state index < -0.39 is 12.8 Å². The van der Waals surface area contributed by atoms with Crippen LogP contribution < -0.4 is 15.4 Å². The Morgan fingerprint density at radius 2 is 1.93 bits per heavy atom. The summed E-state index contributed by atoms with van der Waals surface area (Å²) in [5.74, 6) is 0.0149. The van der Waals surface area contributed by atoms with Gasteiger partial charge in [-0.3, -0.25) is 0 Å². The Morgan fingerprint density at radius 3 is 2.61 bits per heavy atom. The van der Waals surface area contributed by atoms with E-state index in [-0.39, 0.29) is 48.8 Å². The Labute approximate surface area is 177 Å². The average Bonchev–Trinajstić information content (AvgIpc) is 2.63. The number of aromatic nitrogens is 1. The van der Waals surface area contributed by atoms with Crippen molar-refractivity contribution in [3.05, 3.63) is 59.5 Å². The highest BCUT2D eigenvalue weighted by Gasteiger charge is 2.28. The molecule has 1 aromatic heterocycles. The molecule has 5 nitrogen and oxygen atoms in total. The minimum absolute atomic E-state index is 0. The fourth-order valence-electron chi connectivity index (χ4n) is 2.12. The average molecular weight is 512 g/mol. The van der Waals surface area contributed by atoms with Crippen LogP contribution in [0.3, 0.4) is 0 Å². The smallest absolute Gasteiger partial charge is 0.422 e. The zero-order chi connectivity index (χ0) is 19.7. The Hall–Kier alpha value is -2.11. The first-order valence-corrected chi connectivity index (χ1v) is 8.27. The minimum Gasteiger partial charge on any atom is -0.468 e. The molecule has 0 saturated heterocycles. The summed E-state index contributed by atoms with van der Waals surface area (Å²) in [6, 6.07) is 9.42. The molecule has 0 fully saturated rings. The Balaban J connectivity index is 0.00000392. The zero-order valence-corrected chi connectivity index (χ0v) is 17.4. The maximum Gasteiger partial charge on any atom is 0.422 e. The summed E-state index contributed by atoms with van der Waals surface area (Å²) >= 11 is 0. The lowest BCUT2D eigenvalue weighted by atomic mass is 10.2. The fourth-order valence-corrected chi connectivity index (χ4v) is 2.12. The van der Waals surface area contributed by atoms with E-state index in [4.69, 9.17) is 0 Å². The van der Waals surface area contributed by atoms with Crippen LogP contribution in [-0.2, 0) is 13.1 Å². The van der Waals surface area contributed by atoms with Crippen molar-refractivity contribution < 1.29 is 22.3 Å². The van der Waals surface area contributed by atoms with E-state index in [0.29, 0.717) is 23.6 Å². The van der Waals surface area contributed by atoms with Gasteiger partial charge in [0, 0.05) is 30.9 Å². The molecule has 0 aliphatic carbocycles. The van der Waals surface area contributed by atoms with Gasteiger partial charge >= 0.3 is 6.18 Å². The van der Waals surface area contributed by atoms with Crippen LogP contribution >= 0.6 is 24.0 Å². The summed E-state index contributed by atoms with van der Waals surface area (Å²) in [6.07, 6.45) is -3.07. The van der Waals surface area contributed by atoms with Crippen LogP contribution in [0.25, 0.3) is 0 Å². The molecule has 0 bridgehead atoms. The molecule has 0 unspecified atom stereocenters. The molecular weight excluding hydrogens is 491 g/mol. The van der Waals surface area contributed by atoms with Gasteiger partial charge < -0.3 is 15.4 Å². The second-order valence-corrected chi connectivity index (χ2v) is 5.55. The van der Waals surface area contributed by atoms with Crippen LogP contribution in [0.5, 0.6) is 5.88 Å². The third-order valence-electron chi connectivity index (χ3n) is 3.35. The topological polar surface area (TPSA) is 58.5 Å². The maximum absolute atomic E-state index is 13.7. The maximum atomic E-state index is 13.7. The van der Waals surface area contributed by atoms with E-state index >= 15 is 0 Å². The van der Waals surface area contributed by atoms with Gasteiger partial charge in [0.2, 0.25) is 5.88 Å². The molecule has 10 heteroatoms. The molecule has 0 spiro atoms. The minimum atomic E-state index is -4.43. The van der Waals surface area contributed by atoms with E-state index in [0.717, 1.165) is 0 Å². The number of nitrogens with zero attached hydrogens (tertiary/aromatic N) is 2. The number of alkyl halides is 3. The number of hydrogen-bond donors (Lipinski definition) is 2. The third-order valence-corrected chi connectivity index (χ3v) is 3.35. The van der Waals surface area contributed by atoms with E-state index in [1.807, 2.05) is 6.92 Å². The molecule has 1 heterocycles. The number of pyridine rings is 1. The van der Waals surface area contributed by atoms with Crippen molar-refractivity contribution in [1.82, 2.24) is 15.6 Å². The van der Waals surface area contributed by atoms with Crippen LogP contribution in [0.4, 0.5) is 17.6 Å². The predicted octanol–water partition coefficient (Wildman–Crippen LogP) is 4.04. The molecule has 0 radical (unpaired) electrons. The number of benzene rings is 1. The van der Waals surface area contributed by atoms with Gasteiger partial charge in [0.05, 0.1) is 6.54 Å². The third kappa shape index (κ3) is 8.72. The van der Waals surface area contributed by atoms with Crippen molar-refractivity contribution >= 4 is 29.9 Å². The van der Waals surface area contributed by atoms with Crippen LogP contribution in [0, 0.1) is 5.82 Å². The molecule has 0 amide bonds. The highest BCUT2D eigenvalue weighted by Crippen LogP contribution is 2.17. The molecule has 2 rings (SSSR count). The second-order valence-electron chi connectivity index (χ2n) is 5.55. The predicted molar refractivity (Wildman–Crippen MR) is 109 cm³/mol. The number of guanidine groups is 1. The number of ether oxygens (including phenoxy) is 1. The van der Waals surface area contributed by atoms with E-state index in [1.54, 1.807) is 24.3 Å². The standard InChI is InChI=1S/C18H20F4N4O.HI/c1-2-23-17(26-11-14-5-3-4-6-15(14)19)25-10-13-7-8-24-16(9-13)27-12-18(20,21)22;/h3-9H,2,10-12H2,1H3,(H2,23,25,26);1H. The van der Waals surface area contributed by atoms with E-state index in [9.17, 15) is 17.6 Å². The Morgan fingerprint density at radius 1 is 1.18 bits per heavy atom. The van der Waals surface area contributed by atoms with Crippen LogP contribution in [-0.4, -0.2) is 30.3 Å². The number of aliphatic imine (C=N–C) groups is 1. The molecule has 154 valence electrons. The number of rotatable bonds is 7. The molecule has 0 atom stereocenters. The summed E-state index contributed by atoms with van der Waals surface area (Å²) in [6.45, 7) is 1.51. The monoisotopic (exact) mass is 512 g/mol. The molecule has 0 aliphatic heterocycles. The molecule has 0 aliphatic rings. The van der Waals surface area contributed by atoms with Crippen molar-refractivity contribution in [3.63, 3.8) is 0 Å². The van der Waals surface area contributed by atoms with E-state index in [1.165, 1.54) is 18.3 Å².